The smallest absolute Gasteiger partial charge is 0.134 e. The van der Waals surface area contributed by atoms with Gasteiger partial charge < -0.3 is 9.64 Å². The molecule has 0 atom stereocenters. The Labute approximate surface area is 109 Å². The van der Waals surface area contributed by atoms with E-state index in [0.717, 1.165) is 17.9 Å². The highest BCUT2D eigenvalue weighted by molar-refractivity contribution is 6.18. The highest BCUT2D eigenvalue weighted by Crippen LogP contribution is 2.16. The summed E-state index contributed by atoms with van der Waals surface area (Å²) >= 11 is 5.59. The molecule has 1 aromatic carbocycles. The second-order valence-electron chi connectivity index (χ2n) is 3.89. The zero-order valence-electron chi connectivity index (χ0n) is 10.4. The highest BCUT2D eigenvalue weighted by atomic mass is 35.5. The van der Waals surface area contributed by atoms with Crippen molar-refractivity contribution in [1.82, 2.24) is 4.90 Å². The fraction of sp³-hybridized carbons (Fsp3) is 0.429. The molecule has 0 spiro atoms. The van der Waals surface area contributed by atoms with Crippen molar-refractivity contribution in [2.45, 2.75) is 6.42 Å². The Morgan fingerprint density at radius 2 is 2.06 bits per heavy atom. The Morgan fingerprint density at radius 1 is 1.29 bits per heavy atom. The van der Waals surface area contributed by atoms with E-state index >= 15 is 0 Å². The first-order chi connectivity index (χ1) is 8.24. The number of halogens is 1. The minimum Gasteiger partial charge on any atom is -0.491 e. The van der Waals surface area contributed by atoms with Gasteiger partial charge >= 0.3 is 0 Å². The zero-order valence-corrected chi connectivity index (χ0v) is 11.1. The summed E-state index contributed by atoms with van der Waals surface area (Å²) in [6, 6.07) is 7.83. The molecule has 0 bridgehead atoms. The predicted molar refractivity (Wildman–Crippen MR) is 72.7 cm³/mol. The third kappa shape index (κ3) is 5.63. The summed E-state index contributed by atoms with van der Waals surface area (Å²) in [7, 11) is 4.05. The van der Waals surface area contributed by atoms with Gasteiger partial charge in [-0.1, -0.05) is 24.0 Å². The van der Waals surface area contributed by atoms with Crippen LogP contribution in [-0.2, 0) is 0 Å². The van der Waals surface area contributed by atoms with E-state index in [1.54, 1.807) is 0 Å². The van der Waals surface area contributed by atoms with E-state index < -0.39 is 0 Å². The number of para-hydroxylation sites is 1. The number of hydrogen-bond acceptors (Lipinski definition) is 2. The van der Waals surface area contributed by atoms with Gasteiger partial charge in [0.2, 0.25) is 0 Å². The molecule has 1 aromatic rings. The quantitative estimate of drug-likeness (QED) is 0.589. The fourth-order valence-corrected chi connectivity index (χ4v) is 1.33. The standard InChI is InChI=1S/C14H18ClNO/c1-16(2)11-12-17-14-9-4-3-7-13(14)8-5-6-10-15/h3-4,7,9H,6,10-12H2,1-2H3. The maximum atomic E-state index is 5.70. The number of benzene rings is 1. The van der Waals surface area contributed by atoms with Gasteiger partial charge in [0.15, 0.2) is 0 Å². The van der Waals surface area contributed by atoms with Crippen molar-refractivity contribution < 1.29 is 4.74 Å². The van der Waals surface area contributed by atoms with Crippen LogP contribution >= 0.6 is 11.6 Å². The van der Waals surface area contributed by atoms with Crippen LogP contribution in [0.15, 0.2) is 24.3 Å². The largest absolute Gasteiger partial charge is 0.491 e. The SMILES string of the molecule is CN(C)CCOc1ccccc1C#CCCCl. The molecule has 0 aliphatic carbocycles. The van der Waals surface area contributed by atoms with E-state index in [2.05, 4.69) is 16.7 Å². The van der Waals surface area contributed by atoms with Crippen molar-refractivity contribution in [2.24, 2.45) is 0 Å². The molecule has 0 fully saturated rings. The molecule has 0 aliphatic rings. The Hall–Kier alpha value is -1.17. The van der Waals surface area contributed by atoms with Crippen molar-refractivity contribution in [3.05, 3.63) is 29.8 Å². The van der Waals surface area contributed by atoms with Gasteiger partial charge in [-0.3, -0.25) is 0 Å². The van der Waals surface area contributed by atoms with Gasteiger partial charge in [-0.2, -0.15) is 0 Å². The summed E-state index contributed by atoms with van der Waals surface area (Å²) in [5.74, 6) is 7.51. The Bertz CT molecular complexity index is 393. The summed E-state index contributed by atoms with van der Waals surface area (Å²) in [5.41, 5.74) is 0.927. The minimum atomic E-state index is 0.566. The first-order valence-corrected chi connectivity index (χ1v) is 6.19. The number of likely N-dealkylation sites (N-methyl/N-ethyl adjacent to an activating group) is 1. The molecule has 3 heteroatoms. The summed E-state index contributed by atoms with van der Waals surface area (Å²) < 4.78 is 5.70. The lowest BCUT2D eigenvalue weighted by atomic mass is 10.2. The molecule has 0 aliphatic heterocycles. The molecule has 0 amide bonds. The highest BCUT2D eigenvalue weighted by Gasteiger charge is 1.99. The maximum absolute atomic E-state index is 5.70. The first-order valence-electron chi connectivity index (χ1n) is 5.65. The van der Waals surface area contributed by atoms with Crippen LogP contribution in [0.25, 0.3) is 0 Å². The maximum Gasteiger partial charge on any atom is 0.134 e. The third-order valence-corrected chi connectivity index (χ3v) is 2.31. The predicted octanol–water partition coefficient (Wildman–Crippen LogP) is 2.61. The molecule has 0 heterocycles. The second-order valence-corrected chi connectivity index (χ2v) is 4.27. The Kier molecular flexibility index (Phi) is 6.54. The van der Waals surface area contributed by atoms with Gasteiger partial charge in [0.1, 0.15) is 12.4 Å². The molecular weight excluding hydrogens is 234 g/mol. The lowest BCUT2D eigenvalue weighted by molar-refractivity contribution is 0.261. The van der Waals surface area contributed by atoms with Gasteiger partial charge in [0.25, 0.3) is 0 Å². The third-order valence-electron chi connectivity index (χ3n) is 2.13. The van der Waals surface area contributed by atoms with E-state index in [1.165, 1.54) is 0 Å². The minimum absolute atomic E-state index is 0.566. The number of ether oxygens (including phenoxy) is 1. The Balaban J connectivity index is 2.62. The van der Waals surface area contributed by atoms with Gasteiger partial charge in [-0.05, 0) is 26.2 Å². The second kappa shape index (κ2) is 8.00. The van der Waals surface area contributed by atoms with Crippen molar-refractivity contribution in [1.29, 1.82) is 0 Å². The molecule has 2 nitrogen and oxygen atoms in total. The molecule has 0 saturated carbocycles. The van der Waals surface area contributed by atoms with Crippen molar-refractivity contribution in [2.75, 3.05) is 33.1 Å². The number of rotatable bonds is 5. The van der Waals surface area contributed by atoms with E-state index in [4.69, 9.17) is 16.3 Å². The molecular formula is C14H18ClNO. The molecule has 0 radical (unpaired) electrons. The number of alkyl halides is 1. The van der Waals surface area contributed by atoms with Crippen LogP contribution in [0.4, 0.5) is 0 Å². The molecule has 0 unspecified atom stereocenters. The fourth-order valence-electron chi connectivity index (χ4n) is 1.24. The topological polar surface area (TPSA) is 12.5 Å². The zero-order chi connectivity index (χ0) is 12.5. The van der Waals surface area contributed by atoms with Gasteiger partial charge in [-0.15, -0.1) is 11.6 Å². The van der Waals surface area contributed by atoms with Crippen molar-refractivity contribution in [3.63, 3.8) is 0 Å². The van der Waals surface area contributed by atoms with Crippen molar-refractivity contribution >= 4 is 11.6 Å². The average Bonchev–Trinajstić information content (AvgIpc) is 2.31. The van der Waals surface area contributed by atoms with Crippen LogP contribution in [0.3, 0.4) is 0 Å². The van der Waals surface area contributed by atoms with E-state index in [0.29, 0.717) is 18.9 Å². The van der Waals surface area contributed by atoms with Gasteiger partial charge in [-0.25, -0.2) is 0 Å². The van der Waals surface area contributed by atoms with Crippen LogP contribution in [0.2, 0.25) is 0 Å². The van der Waals surface area contributed by atoms with E-state index in [1.807, 2.05) is 38.4 Å². The molecule has 17 heavy (non-hydrogen) atoms. The summed E-state index contributed by atoms with van der Waals surface area (Å²) in [6.45, 7) is 1.56. The average molecular weight is 252 g/mol. The van der Waals surface area contributed by atoms with Crippen LogP contribution < -0.4 is 4.74 Å². The van der Waals surface area contributed by atoms with Crippen LogP contribution in [0, 0.1) is 11.8 Å². The first kappa shape index (κ1) is 13.9. The number of nitrogens with zero attached hydrogens (tertiary/aromatic N) is 1. The van der Waals surface area contributed by atoms with Crippen molar-refractivity contribution in [3.8, 4) is 17.6 Å². The summed E-state index contributed by atoms with van der Waals surface area (Å²) in [5, 5.41) is 0. The van der Waals surface area contributed by atoms with Crippen LogP contribution in [0.5, 0.6) is 5.75 Å². The van der Waals surface area contributed by atoms with Gasteiger partial charge in [0.05, 0.1) is 5.56 Å². The molecule has 0 N–H and O–H groups in total. The lowest BCUT2D eigenvalue weighted by Gasteiger charge is -2.11. The molecule has 0 saturated heterocycles. The summed E-state index contributed by atoms with van der Waals surface area (Å²) in [4.78, 5) is 2.09. The molecule has 0 aromatic heterocycles. The number of hydrogen-bond donors (Lipinski definition) is 0. The van der Waals surface area contributed by atoms with E-state index in [-0.39, 0.29) is 0 Å². The summed E-state index contributed by atoms with van der Waals surface area (Å²) in [6.07, 6.45) is 0.702. The van der Waals surface area contributed by atoms with Gasteiger partial charge in [0, 0.05) is 18.8 Å². The monoisotopic (exact) mass is 251 g/mol. The van der Waals surface area contributed by atoms with Crippen LogP contribution in [-0.4, -0.2) is 38.0 Å². The van der Waals surface area contributed by atoms with Crippen LogP contribution in [0.1, 0.15) is 12.0 Å². The normalized spacial score (nSPS) is 9.88. The lowest BCUT2D eigenvalue weighted by Crippen LogP contribution is -2.19. The Morgan fingerprint density at radius 3 is 2.76 bits per heavy atom. The van der Waals surface area contributed by atoms with E-state index in [9.17, 15) is 0 Å². The molecule has 1 rings (SSSR count). The molecule has 92 valence electrons.